The van der Waals surface area contributed by atoms with Crippen LogP contribution in [-0.2, 0) is 14.9 Å². The molecule has 0 aliphatic heterocycles. The molecule has 1 aliphatic carbocycles. The van der Waals surface area contributed by atoms with Gasteiger partial charge in [0, 0.05) is 5.92 Å². The number of benzene rings is 1. The van der Waals surface area contributed by atoms with Gasteiger partial charge in [-0.1, -0.05) is 98.9 Å². The average molecular weight is 434 g/mol. The van der Waals surface area contributed by atoms with Crippen LogP contribution in [0.1, 0.15) is 45.6 Å². The van der Waals surface area contributed by atoms with Crippen LogP contribution in [0.4, 0.5) is 0 Å². The van der Waals surface area contributed by atoms with E-state index in [1.165, 1.54) is 5.56 Å². The fraction of sp³-hybridized carbons (Fsp3) is 0.571. The lowest BCUT2D eigenvalue weighted by molar-refractivity contribution is -0.152. The summed E-state index contributed by atoms with van der Waals surface area (Å²) in [5.41, 5.74) is 0.775. The van der Waals surface area contributed by atoms with Gasteiger partial charge in [0.2, 0.25) is 3.79 Å². The van der Waals surface area contributed by atoms with Gasteiger partial charge in [0.15, 0.2) is 0 Å². The van der Waals surface area contributed by atoms with Crippen molar-refractivity contribution in [3.05, 3.63) is 48.0 Å². The average Bonchev–Trinajstić information content (AvgIpc) is 2.60. The van der Waals surface area contributed by atoms with Crippen molar-refractivity contribution < 1.29 is 14.6 Å². The van der Waals surface area contributed by atoms with E-state index >= 15 is 0 Å². The van der Waals surface area contributed by atoms with Gasteiger partial charge in [0.05, 0.1) is 5.57 Å². The monoisotopic (exact) mass is 432 g/mol. The third kappa shape index (κ3) is 5.41. The van der Waals surface area contributed by atoms with Gasteiger partial charge in [0.25, 0.3) is 0 Å². The molecule has 0 aromatic heterocycles. The number of halogens is 3. The zero-order chi connectivity index (χ0) is 20.4. The Morgan fingerprint density at radius 3 is 2.37 bits per heavy atom. The van der Waals surface area contributed by atoms with Crippen molar-refractivity contribution in [1.82, 2.24) is 0 Å². The molecule has 1 aromatic carbocycles. The molecule has 6 heteroatoms. The van der Waals surface area contributed by atoms with Crippen LogP contribution >= 0.6 is 34.8 Å². The Morgan fingerprint density at radius 1 is 1.22 bits per heavy atom. The zero-order valence-electron chi connectivity index (χ0n) is 15.9. The van der Waals surface area contributed by atoms with E-state index in [1.807, 2.05) is 18.2 Å². The molecule has 0 radical (unpaired) electrons. The van der Waals surface area contributed by atoms with E-state index in [4.69, 9.17) is 39.5 Å². The van der Waals surface area contributed by atoms with E-state index in [-0.39, 0.29) is 23.0 Å². The molecule has 150 valence electrons. The molecule has 1 saturated carbocycles. The first-order valence-corrected chi connectivity index (χ1v) is 10.3. The number of aliphatic hydroxyl groups excluding tert-OH is 1. The molecule has 1 aromatic rings. The number of hydrogen-bond donors (Lipinski definition) is 1. The molecule has 3 nitrogen and oxygen atoms in total. The van der Waals surface area contributed by atoms with Crippen LogP contribution in [0, 0.1) is 11.8 Å². The zero-order valence-corrected chi connectivity index (χ0v) is 18.2. The second-order valence-electron chi connectivity index (χ2n) is 8.03. The highest BCUT2D eigenvalue weighted by Gasteiger charge is 2.43. The number of ether oxygens (including phenoxy) is 1. The summed E-state index contributed by atoms with van der Waals surface area (Å²) in [6.45, 7) is 10.1. The molecule has 2 rings (SSSR count). The highest BCUT2D eigenvalue weighted by Crippen LogP contribution is 2.44. The summed E-state index contributed by atoms with van der Waals surface area (Å²) in [6, 6.07) is 10.2. The number of esters is 1. The van der Waals surface area contributed by atoms with Crippen molar-refractivity contribution in [2.24, 2.45) is 11.8 Å². The fourth-order valence-corrected chi connectivity index (χ4v) is 4.28. The Balaban J connectivity index is 2.21. The Kier molecular flexibility index (Phi) is 7.29. The second kappa shape index (κ2) is 8.73. The third-order valence-electron chi connectivity index (χ3n) is 5.66. The number of aliphatic hydroxyl groups is 1. The van der Waals surface area contributed by atoms with Gasteiger partial charge in [-0.15, -0.1) is 0 Å². The van der Waals surface area contributed by atoms with Crippen LogP contribution < -0.4 is 0 Å². The molecule has 1 aliphatic rings. The highest BCUT2D eigenvalue weighted by atomic mass is 35.6. The van der Waals surface area contributed by atoms with Gasteiger partial charge in [-0.2, -0.15) is 0 Å². The maximum Gasteiger partial charge on any atom is 0.336 e. The Hall–Kier alpha value is -0.740. The molecular weight excluding hydrogens is 407 g/mol. The molecule has 0 saturated heterocycles. The lowest BCUT2D eigenvalue weighted by Crippen LogP contribution is -2.44. The Labute approximate surface area is 176 Å². The number of rotatable bonds is 5. The van der Waals surface area contributed by atoms with Crippen LogP contribution in [0.5, 0.6) is 0 Å². The Morgan fingerprint density at radius 2 is 1.81 bits per heavy atom. The van der Waals surface area contributed by atoms with Gasteiger partial charge in [-0.05, 0) is 29.7 Å². The predicted octanol–water partition coefficient (Wildman–Crippen LogP) is 5.60. The molecule has 1 fully saturated rings. The summed E-state index contributed by atoms with van der Waals surface area (Å²) >= 11 is 17.0. The molecule has 0 heterocycles. The van der Waals surface area contributed by atoms with Crippen LogP contribution in [-0.4, -0.2) is 27.1 Å². The molecule has 0 spiro atoms. The number of alkyl halides is 3. The third-order valence-corrected chi connectivity index (χ3v) is 6.28. The SMILES string of the molecule is C=C(C(=O)O[C@@H]1C[C@H](C)CC[C@H]1C(C)(C)c1ccccc1)C(O)C(Cl)(Cl)Cl. The minimum absolute atomic E-state index is 0.137. The maximum atomic E-state index is 12.6. The summed E-state index contributed by atoms with van der Waals surface area (Å²) < 4.78 is 3.76. The number of carbonyl (C=O) groups excluding carboxylic acids is 1. The molecular formula is C21H27Cl3O3. The summed E-state index contributed by atoms with van der Waals surface area (Å²) in [7, 11) is 0. The molecule has 0 amide bonds. The van der Waals surface area contributed by atoms with Crippen molar-refractivity contribution in [3.8, 4) is 0 Å². The van der Waals surface area contributed by atoms with Gasteiger partial charge in [0.1, 0.15) is 12.2 Å². The minimum atomic E-state index is -2.03. The predicted molar refractivity (Wildman–Crippen MR) is 111 cm³/mol. The van der Waals surface area contributed by atoms with Crippen molar-refractivity contribution >= 4 is 40.8 Å². The Bertz CT molecular complexity index is 667. The largest absolute Gasteiger partial charge is 0.459 e. The summed E-state index contributed by atoms with van der Waals surface area (Å²) in [5, 5.41) is 10.0. The van der Waals surface area contributed by atoms with Crippen molar-refractivity contribution in [1.29, 1.82) is 0 Å². The van der Waals surface area contributed by atoms with Gasteiger partial charge in [-0.3, -0.25) is 0 Å². The lowest BCUT2D eigenvalue weighted by Gasteiger charge is -2.44. The molecule has 1 N–H and O–H groups in total. The van der Waals surface area contributed by atoms with Crippen molar-refractivity contribution in [2.75, 3.05) is 0 Å². The van der Waals surface area contributed by atoms with Crippen LogP contribution in [0.3, 0.4) is 0 Å². The van der Waals surface area contributed by atoms with Gasteiger partial charge < -0.3 is 9.84 Å². The van der Waals surface area contributed by atoms with Crippen molar-refractivity contribution in [3.63, 3.8) is 0 Å². The number of hydrogen-bond acceptors (Lipinski definition) is 3. The summed E-state index contributed by atoms with van der Waals surface area (Å²) in [6.07, 6.45) is 0.865. The normalized spacial score (nSPS) is 24.9. The maximum absolute atomic E-state index is 12.6. The van der Waals surface area contributed by atoms with Crippen LogP contribution in [0.25, 0.3) is 0 Å². The highest BCUT2D eigenvalue weighted by molar-refractivity contribution is 6.68. The summed E-state index contributed by atoms with van der Waals surface area (Å²) in [5.74, 6) is -0.142. The smallest absolute Gasteiger partial charge is 0.336 e. The van der Waals surface area contributed by atoms with E-state index < -0.39 is 15.9 Å². The first kappa shape index (κ1) is 22.5. The first-order chi connectivity index (χ1) is 12.4. The van der Waals surface area contributed by atoms with Crippen LogP contribution in [0.2, 0.25) is 0 Å². The van der Waals surface area contributed by atoms with E-state index in [2.05, 4.69) is 39.5 Å². The van der Waals surface area contributed by atoms with E-state index in [9.17, 15) is 9.90 Å². The van der Waals surface area contributed by atoms with E-state index in [1.54, 1.807) is 0 Å². The standard InChI is InChI=1S/C21H27Cl3O3/c1-13-10-11-16(20(3,4)15-8-6-5-7-9-15)17(12-13)27-19(26)14(2)18(25)21(22,23)24/h5-9,13,16-18,25H,2,10-12H2,1,3-4H3/t13-,16-,17-,18?/m1/s1. The molecule has 27 heavy (non-hydrogen) atoms. The fourth-order valence-electron chi connectivity index (χ4n) is 3.89. The molecule has 1 unspecified atom stereocenters. The van der Waals surface area contributed by atoms with E-state index in [0.29, 0.717) is 5.92 Å². The molecule has 4 atom stereocenters. The van der Waals surface area contributed by atoms with Crippen molar-refractivity contribution in [2.45, 2.75) is 61.4 Å². The van der Waals surface area contributed by atoms with Crippen LogP contribution in [0.15, 0.2) is 42.5 Å². The topological polar surface area (TPSA) is 46.5 Å². The first-order valence-electron chi connectivity index (χ1n) is 9.14. The molecule has 0 bridgehead atoms. The van der Waals surface area contributed by atoms with Gasteiger partial charge >= 0.3 is 5.97 Å². The lowest BCUT2D eigenvalue weighted by atomic mass is 9.64. The van der Waals surface area contributed by atoms with E-state index in [0.717, 1.165) is 19.3 Å². The van der Waals surface area contributed by atoms with Gasteiger partial charge in [-0.25, -0.2) is 4.79 Å². The minimum Gasteiger partial charge on any atom is -0.459 e. The second-order valence-corrected chi connectivity index (χ2v) is 10.4. The summed E-state index contributed by atoms with van der Waals surface area (Å²) in [4.78, 5) is 12.6. The quantitative estimate of drug-likeness (QED) is 0.373. The number of carbonyl (C=O) groups is 1.